The second-order valence-corrected chi connectivity index (χ2v) is 14.3. The minimum Gasteiger partial charge on any atom is -0.501 e. The second kappa shape index (κ2) is 15.3. The Bertz CT molecular complexity index is 1200. The Hall–Kier alpha value is -3.01. The van der Waals surface area contributed by atoms with E-state index >= 15 is 0 Å². The molecule has 0 saturated carbocycles. The summed E-state index contributed by atoms with van der Waals surface area (Å²) in [6.45, 7) is 14.8. The third kappa shape index (κ3) is 7.75. The van der Waals surface area contributed by atoms with Gasteiger partial charge in [-0.15, -0.1) is 0 Å². The van der Waals surface area contributed by atoms with Gasteiger partial charge < -0.3 is 34.4 Å². The topological polar surface area (TPSA) is 94.7 Å². The Kier molecular flexibility index (Phi) is 11.4. The van der Waals surface area contributed by atoms with Crippen molar-refractivity contribution in [2.24, 2.45) is 5.92 Å². The molecule has 5 aliphatic rings. The third-order valence-corrected chi connectivity index (χ3v) is 10.9. The van der Waals surface area contributed by atoms with Crippen LogP contribution in [0.2, 0.25) is 0 Å². The van der Waals surface area contributed by atoms with Crippen molar-refractivity contribution in [3.63, 3.8) is 0 Å². The van der Waals surface area contributed by atoms with E-state index in [0.717, 1.165) is 101 Å². The van der Waals surface area contributed by atoms with Crippen LogP contribution in [-0.4, -0.2) is 114 Å². The molecule has 5 heterocycles. The van der Waals surface area contributed by atoms with Crippen LogP contribution in [-0.2, 0) is 23.9 Å². The average molecular weight is 640 g/mol. The first kappa shape index (κ1) is 34.3. The predicted molar refractivity (Wildman–Crippen MR) is 178 cm³/mol. The van der Waals surface area contributed by atoms with E-state index < -0.39 is 0 Å². The summed E-state index contributed by atoms with van der Waals surface area (Å²) in [4.78, 5) is 48.3. The molecular formula is C36H57N5O5. The molecule has 0 radical (unpaired) electrons. The van der Waals surface area contributed by atoms with E-state index in [0.29, 0.717) is 12.5 Å². The molecule has 0 aromatic carbocycles. The van der Waals surface area contributed by atoms with E-state index in [1.807, 2.05) is 11.0 Å². The van der Waals surface area contributed by atoms with Gasteiger partial charge in [0.15, 0.2) is 0 Å². The van der Waals surface area contributed by atoms with E-state index in [1.165, 1.54) is 0 Å². The molecule has 2 fully saturated rings. The molecule has 0 bridgehead atoms. The molecule has 4 atom stereocenters. The number of likely N-dealkylation sites (tertiary alicyclic amines) is 2. The zero-order valence-electron chi connectivity index (χ0n) is 29.0. The minimum absolute atomic E-state index is 0.00204. The molecule has 46 heavy (non-hydrogen) atoms. The van der Waals surface area contributed by atoms with Crippen molar-refractivity contribution in [3.8, 4) is 0 Å². The van der Waals surface area contributed by atoms with Crippen LogP contribution in [0, 0.1) is 5.92 Å². The van der Waals surface area contributed by atoms with Crippen molar-refractivity contribution in [2.75, 3.05) is 39.9 Å². The maximum Gasteiger partial charge on any atom is 0.250 e. The zero-order chi connectivity index (χ0) is 33.0. The van der Waals surface area contributed by atoms with Crippen LogP contribution in [0.3, 0.4) is 0 Å². The highest BCUT2D eigenvalue weighted by molar-refractivity contribution is 5.90. The molecule has 0 aromatic heterocycles. The van der Waals surface area contributed by atoms with E-state index in [1.54, 1.807) is 19.3 Å². The van der Waals surface area contributed by atoms with Crippen LogP contribution >= 0.6 is 0 Å². The highest BCUT2D eigenvalue weighted by Crippen LogP contribution is 2.34. The average Bonchev–Trinajstić information content (AvgIpc) is 3.04. The van der Waals surface area contributed by atoms with Gasteiger partial charge in [-0.1, -0.05) is 27.2 Å². The minimum atomic E-state index is -0.0695. The number of hydrogen-bond acceptors (Lipinski definition) is 7. The molecule has 0 spiro atoms. The number of piperidine rings is 2. The predicted octanol–water partition coefficient (Wildman–Crippen LogP) is 4.18. The van der Waals surface area contributed by atoms with Crippen LogP contribution < -0.4 is 5.32 Å². The van der Waals surface area contributed by atoms with Crippen molar-refractivity contribution in [1.82, 2.24) is 24.9 Å². The maximum atomic E-state index is 14.0. The Morgan fingerprint density at radius 1 is 0.826 bits per heavy atom. The number of nitrogens with zero attached hydrogens (tertiary/aromatic N) is 4. The normalized spacial score (nSPS) is 27.8. The van der Waals surface area contributed by atoms with E-state index in [9.17, 15) is 14.4 Å². The molecule has 3 amide bonds. The number of methoxy groups -OCH3 is 1. The number of ether oxygens (including phenoxy) is 2. The summed E-state index contributed by atoms with van der Waals surface area (Å²) >= 11 is 0. The molecule has 0 aromatic rings. The lowest BCUT2D eigenvalue weighted by Crippen LogP contribution is -2.58. The van der Waals surface area contributed by atoms with Gasteiger partial charge in [0.25, 0.3) is 0 Å². The van der Waals surface area contributed by atoms with Crippen LogP contribution in [0.25, 0.3) is 0 Å². The lowest BCUT2D eigenvalue weighted by atomic mass is 9.91. The molecular weight excluding hydrogens is 582 g/mol. The summed E-state index contributed by atoms with van der Waals surface area (Å²) in [5.74, 6) is 1.28. The van der Waals surface area contributed by atoms with Crippen molar-refractivity contribution in [1.29, 1.82) is 0 Å². The van der Waals surface area contributed by atoms with Gasteiger partial charge in [0.2, 0.25) is 17.7 Å². The van der Waals surface area contributed by atoms with Gasteiger partial charge in [0, 0.05) is 106 Å². The fourth-order valence-corrected chi connectivity index (χ4v) is 8.10. The van der Waals surface area contributed by atoms with E-state index in [2.05, 4.69) is 54.6 Å². The molecule has 5 aliphatic heterocycles. The molecule has 10 heteroatoms. The molecule has 1 unspecified atom stereocenters. The Morgan fingerprint density at radius 2 is 1.41 bits per heavy atom. The van der Waals surface area contributed by atoms with Crippen LogP contribution in [0.5, 0.6) is 0 Å². The summed E-state index contributed by atoms with van der Waals surface area (Å²) in [6, 6.07) is 0.600. The first-order chi connectivity index (χ1) is 22.1. The highest BCUT2D eigenvalue weighted by Gasteiger charge is 2.41. The fourth-order valence-electron chi connectivity index (χ4n) is 8.10. The van der Waals surface area contributed by atoms with Gasteiger partial charge in [0.1, 0.15) is 5.76 Å². The standard InChI is InChI=1S/C36H57N5O5/c1-7-8-17-46-26(5)33-20-30(39-13-9-27(10-14-39)40-25(4)18-31(45-6)23-36(40)44)22-35(43)41(33)28-11-15-38(16-12-28)29-19-32(24(2)3)37-34(42)21-29/h21-28,32-33H,7-20H2,1-6H3,(H,37,42)/t25-,26?,32-,33+/m1/s1. The second-order valence-electron chi connectivity index (χ2n) is 14.3. The van der Waals surface area contributed by atoms with E-state index in [4.69, 9.17) is 9.47 Å². The number of amides is 3. The van der Waals surface area contributed by atoms with Crippen molar-refractivity contribution < 1.29 is 23.9 Å². The first-order valence-corrected chi connectivity index (χ1v) is 17.8. The number of nitrogens with one attached hydrogen (secondary N) is 1. The highest BCUT2D eigenvalue weighted by atomic mass is 16.5. The smallest absolute Gasteiger partial charge is 0.250 e. The lowest BCUT2D eigenvalue weighted by molar-refractivity contribution is -0.138. The van der Waals surface area contributed by atoms with Gasteiger partial charge in [-0.05, 0) is 51.9 Å². The van der Waals surface area contributed by atoms with Gasteiger partial charge in [-0.3, -0.25) is 14.4 Å². The van der Waals surface area contributed by atoms with Gasteiger partial charge in [-0.2, -0.15) is 0 Å². The monoisotopic (exact) mass is 639 g/mol. The number of carbonyl (C=O) groups excluding carboxylic acids is 3. The summed E-state index contributed by atoms with van der Waals surface area (Å²) in [5.41, 5.74) is 2.23. The Labute approximate surface area is 276 Å². The third-order valence-electron chi connectivity index (χ3n) is 10.9. The number of carbonyl (C=O) groups is 3. The van der Waals surface area contributed by atoms with Gasteiger partial charge in [0.05, 0.1) is 19.3 Å². The van der Waals surface area contributed by atoms with Gasteiger partial charge >= 0.3 is 0 Å². The number of unbranched alkanes of at least 4 members (excludes halogenated alkanes) is 1. The molecule has 5 rings (SSSR count). The summed E-state index contributed by atoms with van der Waals surface area (Å²) in [6.07, 6.45) is 13.2. The van der Waals surface area contributed by atoms with Gasteiger partial charge in [-0.25, -0.2) is 0 Å². The summed E-state index contributed by atoms with van der Waals surface area (Å²) in [5, 5.41) is 3.10. The van der Waals surface area contributed by atoms with Crippen LogP contribution in [0.4, 0.5) is 0 Å². The summed E-state index contributed by atoms with van der Waals surface area (Å²) in [7, 11) is 1.63. The molecule has 2 saturated heterocycles. The largest absolute Gasteiger partial charge is 0.501 e. The van der Waals surface area contributed by atoms with E-state index in [-0.39, 0.29) is 54.0 Å². The van der Waals surface area contributed by atoms with Crippen LogP contribution in [0.1, 0.15) is 92.4 Å². The summed E-state index contributed by atoms with van der Waals surface area (Å²) < 4.78 is 11.7. The number of rotatable bonds is 11. The molecule has 1 N–H and O–H groups in total. The van der Waals surface area contributed by atoms with Crippen molar-refractivity contribution >= 4 is 17.7 Å². The van der Waals surface area contributed by atoms with Crippen molar-refractivity contribution in [2.45, 2.75) is 129 Å². The quantitative estimate of drug-likeness (QED) is 0.339. The Balaban J connectivity index is 1.25. The fraction of sp³-hybridized carbons (Fsp3) is 0.750. The molecule has 0 aliphatic carbocycles. The van der Waals surface area contributed by atoms with Crippen molar-refractivity contribution in [3.05, 3.63) is 35.4 Å². The lowest BCUT2D eigenvalue weighted by Gasteiger charge is -2.49. The number of hydrogen-bond donors (Lipinski definition) is 1. The Morgan fingerprint density at radius 3 is 1.98 bits per heavy atom. The molecule has 256 valence electrons. The zero-order valence-corrected chi connectivity index (χ0v) is 29.0. The SMILES string of the molecule is CCCCOC(C)[C@@H]1CC(N2CCC(N3C(=O)C=C(OC)C[C@H]3C)CC2)=CC(=O)N1C1CCN(C2=CC(=O)N[C@@H](C(C)C)C2)CC1. The molecule has 10 nitrogen and oxygen atoms in total. The van der Waals surface area contributed by atoms with Crippen LogP contribution in [0.15, 0.2) is 35.4 Å². The first-order valence-electron chi connectivity index (χ1n) is 17.8. The maximum absolute atomic E-state index is 14.0.